The van der Waals surface area contributed by atoms with Crippen LogP contribution in [-0.4, -0.2) is 18.1 Å². The van der Waals surface area contributed by atoms with Gasteiger partial charge in [0, 0.05) is 35.9 Å². The number of rotatable bonds is 1. The standard InChI is InChI=1S/C13H16N2.BrH/c1-2-9-15(10-3-1)13-6-4-5-12-11(13)7-8-14-12;/h4-8,14H,1-3,9-10H2;1H. The molecule has 86 valence electrons. The summed E-state index contributed by atoms with van der Waals surface area (Å²) in [5, 5.41) is 1.36. The van der Waals surface area contributed by atoms with Crippen molar-refractivity contribution >= 4 is 33.6 Å². The van der Waals surface area contributed by atoms with Crippen molar-refractivity contribution in [1.29, 1.82) is 0 Å². The average molecular weight is 281 g/mol. The van der Waals surface area contributed by atoms with E-state index in [0.717, 1.165) is 0 Å². The third-order valence-electron chi connectivity index (χ3n) is 3.27. The molecule has 0 amide bonds. The van der Waals surface area contributed by atoms with Gasteiger partial charge in [-0.2, -0.15) is 0 Å². The highest BCUT2D eigenvalue weighted by molar-refractivity contribution is 8.93. The van der Waals surface area contributed by atoms with Gasteiger partial charge >= 0.3 is 0 Å². The fraction of sp³-hybridized carbons (Fsp3) is 0.385. The molecule has 1 aromatic heterocycles. The third-order valence-corrected chi connectivity index (χ3v) is 3.27. The highest BCUT2D eigenvalue weighted by atomic mass is 79.9. The normalized spacial score (nSPS) is 16.1. The van der Waals surface area contributed by atoms with E-state index in [1.54, 1.807) is 0 Å². The van der Waals surface area contributed by atoms with Crippen LogP contribution in [0.5, 0.6) is 0 Å². The SMILES string of the molecule is Br.c1cc(N2CCCCC2)c2cc[nH]c2c1. The molecule has 2 nitrogen and oxygen atoms in total. The van der Waals surface area contributed by atoms with E-state index in [1.165, 1.54) is 48.9 Å². The molecule has 1 N–H and O–H groups in total. The van der Waals surface area contributed by atoms with Crippen LogP contribution in [0.25, 0.3) is 10.9 Å². The van der Waals surface area contributed by atoms with E-state index in [0.29, 0.717) is 0 Å². The number of nitrogens with one attached hydrogen (secondary N) is 1. The Bertz CT molecular complexity index is 458. The maximum absolute atomic E-state index is 3.27. The molecule has 1 aromatic carbocycles. The molecule has 0 radical (unpaired) electrons. The lowest BCUT2D eigenvalue weighted by atomic mass is 10.1. The summed E-state index contributed by atoms with van der Waals surface area (Å²) in [6.45, 7) is 2.43. The number of aromatic amines is 1. The van der Waals surface area contributed by atoms with Crippen LogP contribution in [0, 0.1) is 0 Å². The summed E-state index contributed by atoms with van der Waals surface area (Å²) in [5.74, 6) is 0. The lowest BCUT2D eigenvalue weighted by Gasteiger charge is -2.29. The molecular formula is C13H17BrN2. The van der Waals surface area contributed by atoms with Crippen molar-refractivity contribution in [2.75, 3.05) is 18.0 Å². The monoisotopic (exact) mass is 280 g/mol. The summed E-state index contributed by atoms with van der Waals surface area (Å²) < 4.78 is 0. The first-order valence-electron chi connectivity index (χ1n) is 5.76. The van der Waals surface area contributed by atoms with Gasteiger partial charge in [0.2, 0.25) is 0 Å². The van der Waals surface area contributed by atoms with Gasteiger partial charge in [0.1, 0.15) is 0 Å². The van der Waals surface area contributed by atoms with Gasteiger partial charge in [-0.3, -0.25) is 0 Å². The molecule has 2 aromatic rings. The molecule has 0 bridgehead atoms. The second kappa shape index (κ2) is 4.91. The first kappa shape index (κ1) is 11.5. The quantitative estimate of drug-likeness (QED) is 0.843. The van der Waals surface area contributed by atoms with Crippen LogP contribution in [0.1, 0.15) is 19.3 Å². The summed E-state index contributed by atoms with van der Waals surface area (Å²) in [6.07, 6.45) is 6.08. The Balaban J connectivity index is 0.000000963. The first-order valence-corrected chi connectivity index (χ1v) is 5.76. The van der Waals surface area contributed by atoms with E-state index in [-0.39, 0.29) is 17.0 Å². The van der Waals surface area contributed by atoms with E-state index < -0.39 is 0 Å². The predicted molar refractivity (Wildman–Crippen MR) is 74.7 cm³/mol. The van der Waals surface area contributed by atoms with Gasteiger partial charge in [-0.05, 0) is 37.5 Å². The van der Waals surface area contributed by atoms with Crippen molar-refractivity contribution in [2.45, 2.75) is 19.3 Å². The lowest BCUT2D eigenvalue weighted by Crippen LogP contribution is -2.29. The van der Waals surface area contributed by atoms with Gasteiger partial charge in [-0.25, -0.2) is 0 Å². The largest absolute Gasteiger partial charge is 0.371 e. The second-order valence-corrected chi connectivity index (χ2v) is 4.26. The number of nitrogens with zero attached hydrogens (tertiary/aromatic N) is 1. The smallest absolute Gasteiger partial charge is 0.0474 e. The van der Waals surface area contributed by atoms with E-state index in [4.69, 9.17) is 0 Å². The minimum atomic E-state index is 0. The van der Waals surface area contributed by atoms with E-state index in [9.17, 15) is 0 Å². The topological polar surface area (TPSA) is 19.0 Å². The zero-order chi connectivity index (χ0) is 10.1. The molecule has 0 unspecified atom stereocenters. The maximum Gasteiger partial charge on any atom is 0.0474 e. The number of hydrogen-bond donors (Lipinski definition) is 1. The maximum atomic E-state index is 3.27. The van der Waals surface area contributed by atoms with Crippen molar-refractivity contribution in [3.05, 3.63) is 30.5 Å². The highest BCUT2D eigenvalue weighted by Gasteiger charge is 2.13. The van der Waals surface area contributed by atoms with E-state index in [1.807, 2.05) is 6.20 Å². The van der Waals surface area contributed by atoms with E-state index in [2.05, 4.69) is 34.1 Å². The summed E-state index contributed by atoms with van der Waals surface area (Å²) in [4.78, 5) is 5.79. The Kier molecular flexibility index (Phi) is 3.54. The Labute approximate surface area is 106 Å². The fourth-order valence-electron chi connectivity index (χ4n) is 2.48. The summed E-state index contributed by atoms with van der Waals surface area (Å²) >= 11 is 0. The van der Waals surface area contributed by atoms with Crippen LogP contribution in [0.15, 0.2) is 30.5 Å². The predicted octanol–water partition coefficient (Wildman–Crippen LogP) is 3.74. The van der Waals surface area contributed by atoms with Gasteiger partial charge in [0.15, 0.2) is 0 Å². The molecule has 2 heterocycles. The number of anilines is 1. The number of benzene rings is 1. The van der Waals surface area contributed by atoms with Crippen molar-refractivity contribution in [3.8, 4) is 0 Å². The second-order valence-electron chi connectivity index (χ2n) is 4.26. The lowest BCUT2D eigenvalue weighted by molar-refractivity contribution is 0.579. The summed E-state index contributed by atoms with van der Waals surface area (Å²) in [7, 11) is 0. The molecule has 3 heteroatoms. The number of halogens is 1. The van der Waals surface area contributed by atoms with Crippen LogP contribution in [0.2, 0.25) is 0 Å². The zero-order valence-electron chi connectivity index (χ0n) is 9.28. The minimum Gasteiger partial charge on any atom is -0.371 e. The van der Waals surface area contributed by atoms with Crippen LogP contribution in [0.4, 0.5) is 5.69 Å². The van der Waals surface area contributed by atoms with Gasteiger partial charge in [0.05, 0.1) is 0 Å². The molecule has 0 saturated carbocycles. The van der Waals surface area contributed by atoms with Gasteiger partial charge < -0.3 is 9.88 Å². The summed E-state index contributed by atoms with van der Waals surface area (Å²) in [5.41, 5.74) is 2.64. The number of hydrogen-bond acceptors (Lipinski definition) is 1. The third kappa shape index (κ3) is 1.96. The first-order chi connectivity index (χ1) is 7.45. The molecule has 1 aliphatic heterocycles. The molecule has 0 atom stereocenters. The van der Waals surface area contributed by atoms with Crippen molar-refractivity contribution in [2.24, 2.45) is 0 Å². The molecular weight excluding hydrogens is 264 g/mol. The number of aromatic nitrogens is 1. The van der Waals surface area contributed by atoms with Crippen LogP contribution < -0.4 is 4.90 Å². The number of H-pyrrole nitrogens is 1. The van der Waals surface area contributed by atoms with Crippen molar-refractivity contribution in [3.63, 3.8) is 0 Å². The molecule has 16 heavy (non-hydrogen) atoms. The molecule has 3 rings (SSSR count). The molecule has 0 spiro atoms. The Morgan fingerprint density at radius 3 is 2.62 bits per heavy atom. The molecule has 1 fully saturated rings. The Morgan fingerprint density at radius 2 is 1.81 bits per heavy atom. The minimum absolute atomic E-state index is 0. The molecule has 1 aliphatic rings. The van der Waals surface area contributed by atoms with Gasteiger partial charge in [-0.1, -0.05) is 6.07 Å². The highest BCUT2D eigenvalue weighted by Crippen LogP contribution is 2.28. The average Bonchev–Trinajstić information content (AvgIpc) is 2.78. The fourth-order valence-corrected chi connectivity index (χ4v) is 2.48. The van der Waals surface area contributed by atoms with E-state index >= 15 is 0 Å². The van der Waals surface area contributed by atoms with Crippen LogP contribution >= 0.6 is 17.0 Å². The molecule has 0 aliphatic carbocycles. The molecule has 1 saturated heterocycles. The zero-order valence-corrected chi connectivity index (χ0v) is 11.0. The van der Waals surface area contributed by atoms with Crippen LogP contribution in [-0.2, 0) is 0 Å². The number of piperidine rings is 1. The Morgan fingerprint density at radius 1 is 1.00 bits per heavy atom. The van der Waals surface area contributed by atoms with Crippen molar-refractivity contribution < 1.29 is 0 Å². The summed E-state index contributed by atoms with van der Waals surface area (Å²) in [6, 6.07) is 8.70. The Hall–Kier alpha value is -0.960. The van der Waals surface area contributed by atoms with Gasteiger partial charge in [-0.15, -0.1) is 17.0 Å². The van der Waals surface area contributed by atoms with Gasteiger partial charge in [0.25, 0.3) is 0 Å². The number of fused-ring (bicyclic) bond motifs is 1. The van der Waals surface area contributed by atoms with Crippen LogP contribution in [0.3, 0.4) is 0 Å². The van der Waals surface area contributed by atoms with Crippen molar-refractivity contribution in [1.82, 2.24) is 4.98 Å².